The third-order valence-electron chi connectivity index (χ3n) is 7.01. The molecule has 3 nitrogen and oxygen atoms in total. The molecule has 0 unspecified atom stereocenters. The zero-order valence-corrected chi connectivity index (χ0v) is 24.7. The fourth-order valence-electron chi connectivity index (χ4n) is 4.87. The summed E-state index contributed by atoms with van der Waals surface area (Å²) >= 11 is 3.15. The molecule has 0 N–H and O–H groups in total. The lowest BCUT2D eigenvalue weighted by Gasteiger charge is -2.13. The van der Waals surface area contributed by atoms with Crippen LogP contribution in [0.2, 0.25) is 0 Å². The normalized spacial score (nSPS) is 10.9. The summed E-state index contributed by atoms with van der Waals surface area (Å²) < 4.78 is 12.7. The Labute approximate surface area is 254 Å². The Morgan fingerprint density at radius 2 is 0.810 bits per heavy atom. The maximum atomic E-state index is 14.7. The standard InChI is InChI=1S/C37H30O3S2/c38-37(35-31(39-23-29-17-9-3-10-18-29)25-41-33(35)21-27-13-5-1-6-14-27)36-32(40-24-30-19-11-4-12-20-30)26-42-34(36)22-28-15-7-2-8-16-28/h1-20,25-26H,21-24H2. The van der Waals surface area contributed by atoms with Crippen LogP contribution in [0.3, 0.4) is 0 Å². The van der Waals surface area contributed by atoms with E-state index in [0.717, 1.165) is 32.0 Å². The van der Waals surface area contributed by atoms with E-state index in [1.54, 1.807) is 22.7 Å². The van der Waals surface area contributed by atoms with Crippen molar-refractivity contribution in [1.29, 1.82) is 0 Å². The van der Waals surface area contributed by atoms with Crippen LogP contribution in [0.5, 0.6) is 11.5 Å². The number of rotatable bonds is 12. The highest BCUT2D eigenvalue weighted by Gasteiger charge is 2.28. The minimum Gasteiger partial charge on any atom is -0.487 e. The fraction of sp³-hybridized carbons (Fsp3) is 0.108. The summed E-state index contributed by atoms with van der Waals surface area (Å²) in [5, 5.41) is 3.95. The lowest BCUT2D eigenvalue weighted by molar-refractivity contribution is 0.103. The van der Waals surface area contributed by atoms with Crippen molar-refractivity contribution in [2.24, 2.45) is 0 Å². The van der Waals surface area contributed by atoms with Crippen molar-refractivity contribution >= 4 is 28.5 Å². The molecule has 0 fully saturated rings. The monoisotopic (exact) mass is 586 g/mol. The van der Waals surface area contributed by atoms with Crippen LogP contribution in [-0.4, -0.2) is 5.78 Å². The third-order valence-corrected chi connectivity index (χ3v) is 8.94. The van der Waals surface area contributed by atoms with E-state index < -0.39 is 0 Å². The Balaban J connectivity index is 1.38. The van der Waals surface area contributed by atoms with Gasteiger partial charge in [0.25, 0.3) is 0 Å². The Kier molecular flexibility index (Phi) is 8.89. The van der Waals surface area contributed by atoms with Gasteiger partial charge in [-0.1, -0.05) is 121 Å². The Bertz CT molecular complexity index is 1590. The van der Waals surface area contributed by atoms with E-state index in [9.17, 15) is 4.79 Å². The first kappa shape index (κ1) is 27.7. The Morgan fingerprint density at radius 3 is 1.17 bits per heavy atom. The van der Waals surface area contributed by atoms with Crippen LogP contribution in [0.25, 0.3) is 0 Å². The van der Waals surface area contributed by atoms with Gasteiger partial charge in [-0.2, -0.15) is 0 Å². The number of carbonyl (C=O) groups is 1. The van der Waals surface area contributed by atoms with Gasteiger partial charge in [0.1, 0.15) is 24.7 Å². The molecule has 2 aromatic heterocycles. The van der Waals surface area contributed by atoms with Crippen LogP contribution >= 0.6 is 22.7 Å². The molecule has 0 amide bonds. The van der Waals surface area contributed by atoms with E-state index in [4.69, 9.17) is 9.47 Å². The molecular weight excluding hydrogens is 557 g/mol. The molecule has 2 heterocycles. The van der Waals surface area contributed by atoms with Gasteiger partial charge < -0.3 is 9.47 Å². The summed E-state index contributed by atoms with van der Waals surface area (Å²) in [5.41, 5.74) is 5.66. The van der Waals surface area contributed by atoms with Gasteiger partial charge in [-0.05, 0) is 22.3 Å². The topological polar surface area (TPSA) is 35.5 Å². The highest BCUT2D eigenvalue weighted by atomic mass is 32.1. The van der Waals surface area contributed by atoms with E-state index in [1.807, 2.05) is 108 Å². The van der Waals surface area contributed by atoms with Gasteiger partial charge in [0, 0.05) is 33.4 Å². The molecule has 208 valence electrons. The molecule has 42 heavy (non-hydrogen) atoms. The lowest BCUT2D eigenvalue weighted by atomic mass is 9.98. The van der Waals surface area contributed by atoms with E-state index in [0.29, 0.717) is 48.7 Å². The van der Waals surface area contributed by atoms with Gasteiger partial charge in [0.05, 0.1) is 11.1 Å². The second kappa shape index (κ2) is 13.5. The van der Waals surface area contributed by atoms with Crippen molar-refractivity contribution in [2.75, 3.05) is 0 Å². The maximum absolute atomic E-state index is 14.7. The molecular formula is C37H30O3S2. The first-order valence-corrected chi connectivity index (χ1v) is 15.7. The zero-order chi connectivity index (χ0) is 28.6. The van der Waals surface area contributed by atoms with Crippen molar-refractivity contribution in [2.45, 2.75) is 26.1 Å². The van der Waals surface area contributed by atoms with Gasteiger partial charge in [0.15, 0.2) is 0 Å². The Hall–Kier alpha value is -4.45. The van der Waals surface area contributed by atoms with Crippen molar-refractivity contribution < 1.29 is 14.3 Å². The van der Waals surface area contributed by atoms with Crippen LogP contribution in [0.1, 0.15) is 47.9 Å². The molecule has 0 aliphatic carbocycles. The number of thiophene rings is 2. The van der Waals surface area contributed by atoms with Crippen molar-refractivity contribution in [1.82, 2.24) is 0 Å². The molecule has 0 radical (unpaired) electrons. The molecule has 6 aromatic rings. The van der Waals surface area contributed by atoms with Crippen LogP contribution in [0, 0.1) is 0 Å². The molecule has 0 saturated heterocycles. The first-order valence-electron chi connectivity index (χ1n) is 13.9. The average Bonchev–Trinajstić information content (AvgIpc) is 3.64. The predicted octanol–water partition coefficient (Wildman–Crippen LogP) is 9.38. The van der Waals surface area contributed by atoms with Crippen LogP contribution in [-0.2, 0) is 26.1 Å². The van der Waals surface area contributed by atoms with E-state index >= 15 is 0 Å². The fourth-order valence-corrected chi connectivity index (χ4v) is 6.86. The number of carbonyl (C=O) groups excluding carboxylic acids is 1. The summed E-state index contributed by atoms with van der Waals surface area (Å²) in [7, 11) is 0. The van der Waals surface area contributed by atoms with E-state index in [-0.39, 0.29) is 5.78 Å². The minimum atomic E-state index is -0.0551. The third kappa shape index (κ3) is 6.71. The highest BCUT2D eigenvalue weighted by Crippen LogP contribution is 2.39. The number of ketones is 1. The van der Waals surface area contributed by atoms with Gasteiger partial charge in [-0.25, -0.2) is 0 Å². The molecule has 0 aliphatic rings. The Morgan fingerprint density at radius 1 is 0.476 bits per heavy atom. The van der Waals surface area contributed by atoms with Crippen LogP contribution in [0.4, 0.5) is 0 Å². The molecule has 5 heteroatoms. The van der Waals surface area contributed by atoms with Gasteiger partial charge in [-0.15, -0.1) is 22.7 Å². The van der Waals surface area contributed by atoms with Gasteiger partial charge >= 0.3 is 0 Å². The number of ether oxygens (including phenoxy) is 2. The zero-order valence-electron chi connectivity index (χ0n) is 23.1. The predicted molar refractivity (Wildman–Crippen MR) is 172 cm³/mol. The van der Waals surface area contributed by atoms with Gasteiger partial charge in [-0.3, -0.25) is 4.79 Å². The second-order valence-electron chi connectivity index (χ2n) is 10.00. The smallest absolute Gasteiger partial charge is 0.202 e. The van der Waals surface area contributed by atoms with Crippen molar-refractivity contribution in [3.05, 3.63) is 175 Å². The summed E-state index contributed by atoms with van der Waals surface area (Å²) in [5.74, 6) is 1.18. The highest BCUT2D eigenvalue weighted by molar-refractivity contribution is 7.11. The second-order valence-corrected chi connectivity index (χ2v) is 11.9. The SMILES string of the molecule is O=C(c1c(OCc2ccccc2)csc1Cc1ccccc1)c1c(OCc2ccccc2)csc1Cc1ccccc1. The number of benzene rings is 4. The summed E-state index contributed by atoms with van der Waals surface area (Å²) in [6, 6.07) is 40.6. The lowest BCUT2D eigenvalue weighted by Crippen LogP contribution is -2.10. The molecule has 6 rings (SSSR count). The van der Waals surface area contributed by atoms with Crippen molar-refractivity contribution in [3.8, 4) is 11.5 Å². The van der Waals surface area contributed by atoms with Crippen LogP contribution < -0.4 is 9.47 Å². The molecule has 0 aliphatic heterocycles. The molecule has 0 spiro atoms. The largest absolute Gasteiger partial charge is 0.487 e. The summed E-state index contributed by atoms with van der Waals surface area (Å²) in [6.07, 6.45) is 1.30. The van der Waals surface area contributed by atoms with E-state index in [1.165, 1.54) is 0 Å². The minimum absolute atomic E-state index is 0.0551. The van der Waals surface area contributed by atoms with Gasteiger partial charge in [0.2, 0.25) is 5.78 Å². The first-order chi connectivity index (χ1) is 20.7. The quantitative estimate of drug-likeness (QED) is 0.134. The van der Waals surface area contributed by atoms with E-state index in [2.05, 4.69) is 24.3 Å². The average molecular weight is 587 g/mol. The summed E-state index contributed by atoms with van der Waals surface area (Å²) in [4.78, 5) is 16.7. The van der Waals surface area contributed by atoms with Crippen molar-refractivity contribution in [3.63, 3.8) is 0 Å². The number of hydrogen-bond acceptors (Lipinski definition) is 5. The summed E-state index contributed by atoms with van der Waals surface area (Å²) in [6.45, 7) is 0.779. The van der Waals surface area contributed by atoms with Crippen LogP contribution in [0.15, 0.2) is 132 Å². The molecule has 0 atom stereocenters. The molecule has 4 aromatic carbocycles. The molecule has 0 bridgehead atoms. The molecule has 0 saturated carbocycles. The number of hydrogen-bond donors (Lipinski definition) is 0. The maximum Gasteiger partial charge on any atom is 0.202 e.